The van der Waals surface area contributed by atoms with Gasteiger partial charge in [0.15, 0.2) is 11.6 Å². The summed E-state index contributed by atoms with van der Waals surface area (Å²) in [5.74, 6) is -2.71. The van der Waals surface area contributed by atoms with E-state index in [0.29, 0.717) is 30.4 Å². The summed E-state index contributed by atoms with van der Waals surface area (Å²) in [7, 11) is 0. The van der Waals surface area contributed by atoms with E-state index in [2.05, 4.69) is 0 Å². The summed E-state index contributed by atoms with van der Waals surface area (Å²) in [4.78, 5) is 0. The average molecular weight is 199 g/mol. The number of aromatic hydroxyl groups is 1. The molecule has 1 aromatic rings. The molecule has 0 saturated heterocycles. The molecule has 3 N–H and O–H groups in total. The smallest absolute Gasteiger partial charge is 0.200 e. The molecule has 1 aliphatic rings. The molecule has 1 atom stereocenters. The quantitative estimate of drug-likeness (QED) is 0.665. The van der Waals surface area contributed by atoms with Crippen molar-refractivity contribution < 1.29 is 13.9 Å². The first kappa shape index (κ1) is 9.40. The van der Waals surface area contributed by atoms with Crippen molar-refractivity contribution in [2.24, 2.45) is 5.73 Å². The van der Waals surface area contributed by atoms with E-state index in [1.165, 1.54) is 6.07 Å². The second-order valence-electron chi connectivity index (χ2n) is 3.66. The monoisotopic (exact) mass is 199 g/mol. The molecular weight excluding hydrogens is 188 g/mol. The van der Waals surface area contributed by atoms with Crippen LogP contribution in [0.2, 0.25) is 0 Å². The zero-order chi connectivity index (χ0) is 10.3. The van der Waals surface area contributed by atoms with Gasteiger partial charge < -0.3 is 10.8 Å². The Morgan fingerprint density at radius 1 is 1.36 bits per heavy atom. The Labute approximate surface area is 80.4 Å². The summed E-state index contributed by atoms with van der Waals surface area (Å²) in [6, 6.07) is 1.25. The van der Waals surface area contributed by atoms with Crippen LogP contribution >= 0.6 is 0 Å². The number of phenols is 1. The minimum absolute atomic E-state index is 0.0215. The van der Waals surface area contributed by atoms with Crippen molar-refractivity contribution in [1.82, 2.24) is 0 Å². The number of phenolic OH excluding ortho intramolecular Hbond substituents is 1. The van der Waals surface area contributed by atoms with E-state index in [1.54, 1.807) is 0 Å². The van der Waals surface area contributed by atoms with Gasteiger partial charge in [-0.05, 0) is 36.5 Å². The van der Waals surface area contributed by atoms with Crippen molar-refractivity contribution in [2.45, 2.75) is 25.3 Å². The highest BCUT2D eigenvalue weighted by molar-refractivity contribution is 5.39. The Hall–Kier alpha value is -1.16. The lowest BCUT2D eigenvalue weighted by Gasteiger charge is -2.22. The normalized spacial score (nSPS) is 20.6. The summed E-state index contributed by atoms with van der Waals surface area (Å²) in [6.45, 7) is 0. The van der Waals surface area contributed by atoms with Crippen LogP contribution in [0.3, 0.4) is 0 Å². The van der Waals surface area contributed by atoms with E-state index in [1.807, 2.05) is 0 Å². The predicted molar refractivity (Wildman–Crippen MR) is 48.0 cm³/mol. The lowest BCUT2D eigenvalue weighted by atomic mass is 9.88. The van der Waals surface area contributed by atoms with Crippen molar-refractivity contribution in [2.75, 3.05) is 0 Å². The van der Waals surface area contributed by atoms with Crippen LogP contribution in [0, 0.1) is 11.6 Å². The first-order chi connectivity index (χ1) is 6.59. The molecule has 0 amide bonds. The number of nitrogens with two attached hydrogens (primary N) is 1. The number of fused-ring (bicyclic) bond motifs is 1. The van der Waals surface area contributed by atoms with Gasteiger partial charge in [-0.15, -0.1) is 0 Å². The van der Waals surface area contributed by atoms with Crippen LogP contribution in [0.25, 0.3) is 0 Å². The highest BCUT2D eigenvalue weighted by atomic mass is 19.2. The van der Waals surface area contributed by atoms with Crippen molar-refractivity contribution in [1.29, 1.82) is 0 Å². The first-order valence-corrected chi connectivity index (χ1v) is 4.54. The molecule has 76 valence electrons. The van der Waals surface area contributed by atoms with Gasteiger partial charge in [0.25, 0.3) is 0 Å². The summed E-state index contributed by atoms with van der Waals surface area (Å²) in [5.41, 5.74) is 6.68. The third-order valence-corrected chi connectivity index (χ3v) is 2.63. The zero-order valence-electron chi connectivity index (χ0n) is 7.56. The molecule has 2 nitrogen and oxygen atoms in total. The topological polar surface area (TPSA) is 46.2 Å². The minimum atomic E-state index is -1.15. The van der Waals surface area contributed by atoms with Crippen molar-refractivity contribution in [3.8, 4) is 5.75 Å². The SMILES string of the molecule is N[C@H]1CCc2c(cc(O)c(F)c2F)C1. The van der Waals surface area contributed by atoms with Crippen LogP contribution in [0.5, 0.6) is 5.75 Å². The molecule has 14 heavy (non-hydrogen) atoms. The molecule has 0 spiro atoms. The molecule has 0 radical (unpaired) electrons. The van der Waals surface area contributed by atoms with E-state index in [0.717, 1.165) is 0 Å². The molecule has 0 aromatic heterocycles. The van der Waals surface area contributed by atoms with Gasteiger partial charge in [0.1, 0.15) is 0 Å². The highest BCUT2D eigenvalue weighted by Crippen LogP contribution is 2.30. The minimum Gasteiger partial charge on any atom is -0.505 e. The van der Waals surface area contributed by atoms with Gasteiger partial charge in [0.05, 0.1) is 0 Å². The molecule has 2 rings (SSSR count). The molecule has 0 aliphatic heterocycles. The van der Waals surface area contributed by atoms with E-state index in [-0.39, 0.29) is 6.04 Å². The fourth-order valence-electron chi connectivity index (χ4n) is 1.87. The standard InChI is InChI=1S/C10H11F2NO/c11-9-7-2-1-6(13)3-5(7)4-8(14)10(9)12/h4,6,14H,1-3,13H2/t6-/m0/s1. The average Bonchev–Trinajstić information content (AvgIpc) is 2.14. The molecule has 0 fully saturated rings. The Kier molecular flexibility index (Phi) is 2.15. The third kappa shape index (κ3) is 1.35. The van der Waals surface area contributed by atoms with Gasteiger partial charge in [-0.1, -0.05) is 0 Å². The van der Waals surface area contributed by atoms with Crippen LogP contribution in [-0.2, 0) is 12.8 Å². The van der Waals surface area contributed by atoms with E-state index in [9.17, 15) is 8.78 Å². The van der Waals surface area contributed by atoms with Gasteiger partial charge in [0.2, 0.25) is 5.82 Å². The fourth-order valence-corrected chi connectivity index (χ4v) is 1.87. The van der Waals surface area contributed by atoms with Crippen LogP contribution < -0.4 is 5.73 Å². The molecule has 0 heterocycles. The summed E-state index contributed by atoms with van der Waals surface area (Å²) in [5, 5.41) is 9.09. The van der Waals surface area contributed by atoms with Gasteiger partial charge in [-0.3, -0.25) is 0 Å². The molecule has 0 unspecified atom stereocenters. The largest absolute Gasteiger partial charge is 0.505 e. The summed E-state index contributed by atoms with van der Waals surface area (Å²) >= 11 is 0. The van der Waals surface area contributed by atoms with Crippen LogP contribution in [0.4, 0.5) is 8.78 Å². The second kappa shape index (κ2) is 3.20. The van der Waals surface area contributed by atoms with E-state index in [4.69, 9.17) is 10.8 Å². The van der Waals surface area contributed by atoms with Gasteiger partial charge in [-0.2, -0.15) is 4.39 Å². The molecule has 0 bridgehead atoms. The molecule has 1 aromatic carbocycles. The highest BCUT2D eigenvalue weighted by Gasteiger charge is 2.23. The maximum atomic E-state index is 13.3. The van der Waals surface area contributed by atoms with Crippen molar-refractivity contribution in [3.63, 3.8) is 0 Å². The van der Waals surface area contributed by atoms with Crippen LogP contribution in [0.15, 0.2) is 6.07 Å². The molecule has 0 saturated carbocycles. The molecule has 4 heteroatoms. The molecular formula is C10H11F2NO. The van der Waals surface area contributed by atoms with Crippen LogP contribution in [0.1, 0.15) is 17.5 Å². The molecule has 1 aliphatic carbocycles. The maximum Gasteiger partial charge on any atom is 0.200 e. The second-order valence-corrected chi connectivity index (χ2v) is 3.66. The number of hydrogen-bond acceptors (Lipinski definition) is 2. The van der Waals surface area contributed by atoms with Gasteiger partial charge >= 0.3 is 0 Å². The number of benzene rings is 1. The Morgan fingerprint density at radius 2 is 2.07 bits per heavy atom. The van der Waals surface area contributed by atoms with Crippen LogP contribution in [-0.4, -0.2) is 11.1 Å². The lowest BCUT2D eigenvalue weighted by molar-refractivity contribution is 0.397. The first-order valence-electron chi connectivity index (χ1n) is 4.54. The maximum absolute atomic E-state index is 13.3. The van der Waals surface area contributed by atoms with Crippen molar-refractivity contribution in [3.05, 3.63) is 28.8 Å². The van der Waals surface area contributed by atoms with Gasteiger partial charge in [0, 0.05) is 6.04 Å². The van der Waals surface area contributed by atoms with E-state index >= 15 is 0 Å². The Balaban J connectivity index is 2.54. The Morgan fingerprint density at radius 3 is 2.79 bits per heavy atom. The van der Waals surface area contributed by atoms with Gasteiger partial charge in [-0.25, -0.2) is 4.39 Å². The lowest BCUT2D eigenvalue weighted by Crippen LogP contribution is -2.28. The fraction of sp³-hybridized carbons (Fsp3) is 0.400. The van der Waals surface area contributed by atoms with E-state index < -0.39 is 17.4 Å². The number of halogens is 2. The number of hydrogen-bond donors (Lipinski definition) is 2. The van der Waals surface area contributed by atoms with Crippen molar-refractivity contribution >= 4 is 0 Å². The summed E-state index contributed by atoms with van der Waals surface area (Å²) in [6.07, 6.45) is 1.60. The third-order valence-electron chi connectivity index (χ3n) is 2.63. The Bertz CT molecular complexity index is 379. The zero-order valence-corrected chi connectivity index (χ0v) is 7.56. The summed E-state index contributed by atoms with van der Waals surface area (Å²) < 4.78 is 26.3. The number of rotatable bonds is 0. The predicted octanol–water partition coefficient (Wildman–Crippen LogP) is 1.49.